The maximum absolute atomic E-state index is 11.7. The first-order valence-electron chi connectivity index (χ1n) is 5.84. The lowest BCUT2D eigenvalue weighted by Crippen LogP contribution is -2.19. The number of hydrogen-bond acceptors (Lipinski definition) is 4. The largest absolute Gasteiger partial charge is 0.507 e. The van der Waals surface area contributed by atoms with Gasteiger partial charge in [0.05, 0.1) is 5.56 Å². The molecule has 6 nitrogen and oxygen atoms in total. The molecule has 0 saturated heterocycles. The lowest BCUT2D eigenvalue weighted by Gasteiger charge is -2.03. The van der Waals surface area contributed by atoms with Crippen molar-refractivity contribution >= 4 is 17.6 Å². The second kappa shape index (κ2) is 7.15. The van der Waals surface area contributed by atoms with Gasteiger partial charge in [0.25, 0.3) is 5.91 Å². The number of nitrogens with one attached hydrogen (secondary N) is 1. The lowest BCUT2D eigenvalue weighted by atomic mass is 10.2. The first kappa shape index (κ1) is 14.7. The van der Waals surface area contributed by atoms with Gasteiger partial charge in [-0.25, -0.2) is 5.43 Å². The number of aromatic hydroxyl groups is 1. The quantitative estimate of drug-likeness (QED) is 0.538. The molecule has 1 aromatic carbocycles. The number of aliphatic carboxylic acids is 1. The van der Waals surface area contributed by atoms with Crippen molar-refractivity contribution in [3.05, 3.63) is 29.8 Å². The number of carboxylic acids is 1. The Morgan fingerprint density at radius 2 is 1.95 bits per heavy atom. The Labute approximate surface area is 110 Å². The number of rotatable bonds is 6. The molecule has 0 aliphatic carbocycles. The van der Waals surface area contributed by atoms with Crippen molar-refractivity contribution in [2.45, 2.75) is 26.2 Å². The van der Waals surface area contributed by atoms with Crippen LogP contribution in [0.5, 0.6) is 5.75 Å². The molecular weight excluding hydrogens is 248 g/mol. The first-order chi connectivity index (χ1) is 9.00. The molecule has 0 heterocycles. The summed E-state index contributed by atoms with van der Waals surface area (Å²) in [5, 5.41) is 21.8. The van der Waals surface area contributed by atoms with Crippen LogP contribution in [0.25, 0.3) is 0 Å². The Kier molecular flexibility index (Phi) is 5.53. The van der Waals surface area contributed by atoms with E-state index in [9.17, 15) is 14.7 Å². The minimum atomic E-state index is -0.856. The van der Waals surface area contributed by atoms with E-state index in [2.05, 4.69) is 10.5 Å². The van der Waals surface area contributed by atoms with Crippen LogP contribution in [0.1, 0.15) is 36.5 Å². The van der Waals surface area contributed by atoms with Crippen molar-refractivity contribution in [2.24, 2.45) is 5.10 Å². The third kappa shape index (κ3) is 5.20. The van der Waals surface area contributed by atoms with Gasteiger partial charge in [0, 0.05) is 12.1 Å². The van der Waals surface area contributed by atoms with Crippen molar-refractivity contribution in [3.8, 4) is 5.75 Å². The minimum Gasteiger partial charge on any atom is -0.507 e. The predicted octanol–water partition coefficient (Wildman–Crippen LogP) is 1.75. The van der Waals surface area contributed by atoms with E-state index in [4.69, 9.17) is 5.11 Å². The van der Waals surface area contributed by atoms with Gasteiger partial charge >= 0.3 is 5.97 Å². The van der Waals surface area contributed by atoms with E-state index < -0.39 is 11.9 Å². The molecule has 0 radical (unpaired) electrons. The summed E-state index contributed by atoms with van der Waals surface area (Å²) >= 11 is 0. The van der Waals surface area contributed by atoms with E-state index >= 15 is 0 Å². The fourth-order valence-electron chi connectivity index (χ4n) is 1.42. The normalized spacial score (nSPS) is 11.1. The lowest BCUT2D eigenvalue weighted by molar-refractivity contribution is -0.137. The van der Waals surface area contributed by atoms with Gasteiger partial charge in [-0.2, -0.15) is 5.10 Å². The smallest absolute Gasteiger partial charge is 0.303 e. The average Bonchev–Trinajstić information content (AvgIpc) is 2.36. The summed E-state index contributed by atoms with van der Waals surface area (Å²) in [6, 6.07) is 6.16. The predicted molar refractivity (Wildman–Crippen MR) is 70.2 cm³/mol. The summed E-state index contributed by atoms with van der Waals surface area (Å²) in [5.74, 6) is -1.47. The Hall–Kier alpha value is -2.37. The van der Waals surface area contributed by atoms with Crippen LogP contribution in [0.15, 0.2) is 29.4 Å². The Morgan fingerprint density at radius 3 is 2.58 bits per heavy atom. The van der Waals surface area contributed by atoms with Gasteiger partial charge in [-0.15, -0.1) is 0 Å². The SMILES string of the molecule is C/C(CCCC(=O)O)=N/NC(=O)c1ccccc1O. The average molecular weight is 264 g/mol. The molecule has 1 aromatic rings. The van der Waals surface area contributed by atoms with Gasteiger partial charge in [-0.3, -0.25) is 9.59 Å². The van der Waals surface area contributed by atoms with Crippen LogP contribution in [-0.2, 0) is 4.79 Å². The van der Waals surface area contributed by atoms with Crippen molar-refractivity contribution in [2.75, 3.05) is 0 Å². The molecule has 19 heavy (non-hydrogen) atoms. The molecule has 0 spiro atoms. The molecule has 0 saturated carbocycles. The number of phenolic OH excluding ortho intramolecular Hbond substituents is 1. The van der Waals surface area contributed by atoms with Gasteiger partial charge < -0.3 is 10.2 Å². The number of hydrogen-bond donors (Lipinski definition) is 3. The van der Waals surface area contributed by atoms with Gasteiger partial charge in [0.15, 0.2) is 0 Å². The molecule has 0 aliphatic rings. The number of benzene rings is 1. The van der Waals surface area contributed by atoms with E-state index in [1.54, 1.807) is 19.1 Å². The highest BCUT2D eigenvalue weighted by atomic mass is 16.4. The number of hydrazone groups is 1. The molecule has 1 amide bonds. The molecule has 1 rings (SSSR count). The maximum Gasteiger partial charge on any atom is 0.303 e. The van der Waals surface area contributed by atoms with Gasteiger partial charge in [-0.1, -0.05) is 12.1 Å². The second-order valence-corrected chi connectivity index (χ2v) is 4.05. The number of nitrogens with zero attached hydrogens (tertiary/aromatic N) is 1. The summed E-state index contributed by atoms with van der Waals surface area (Å²) < 4.78 is 0. The number of carbonyl (C=O) groups is 2. The van der Waals surface area contributed by atoms with Crippen molar-refractivity contribution < 1.29 is 19.8 Å². The molecule has 0 atom stereocenters. The number of carbonyl (C=O) groups excluding carboxylic acids is 1. The standard InChI is InChI=1S/C13H16N2O4/c1-9(5-4-8-12(17)18)14-15-13(19)10-6-2-3-7-11(10)16/h2-3,6-7,16H,4-5,8H2,1H3,(H,15,19)(H,17,18)/b14-9-. The van der Waals surface area contributed by atoms with E-state index in [1.165, 1.54) is 12.1 Å². The van der Waals surface area contributed by atoms with Gasteiger partial charge in [0.2, 0.25) is 0 Å². The van der Waals surface area contributed by atoms with Crippen molar-refractivity contribution in [3.63, 3.8) is 0 Å². The summed E-state index contributed by atoms with van der Waals surface area (Å²) in [6.07, 6.45) is 1.03. The molecule has 0 fully saturated rings. The van der Waals surface area contributed by atoms with Crippen molar-refractivity contribution in [1.29, 1.82) is 0 Å². The van der Waals surface area contributed by atoms with Gasteiger partial charge in [0.1, 0.15) is 5.75 Å². The zero-order valence-electron chi connectivity index (χ0n) is 10.6. The third-order valence-electron chi connectivity index (χ3n) is 2.43. The summed E-state index contributed by atoms with van der Waals surface area (Å²) in [4.78, 5) is 22.0. The molecule has 0 aliphatic heterocycles. The van der Waals surface area contributed by atoms with Crippen LogP contribution in [0.2, 0.25) is 0 Å². The monoisotopic (exact) mass is 264 g/mol. The summed E-state index contributed by atoms with van der Waals surface area (Å²) in [7, 11) is 0. The fourth-order valence-corrected chi connectivity index (χ4v) is 1.42. The highest BCUT2D eigenvalue weighted by Gasteiger charge is 2.09. The van der Waals surface area contributed by atoms with Crippen LogP contribution in [0.3, 0.4) is 0 Å². The third-order valence-corrected chi connectivity index (χ3v) is 2.43. The second-order valence-electron chi connectivity index (χ2n) is 4.05. The zero-order chi connectivity index (χ0) is 14.3. The topological polar surface area (TPSA) is 99.0 Å². The molecular formula is C13H16N2O4. The first-order valence-corrected chi connectivity index (χ1v) is 5.84. The van der Waals surface area contributed by atoms with Crippen LogP contribution in [0, 0.1) is 0 Å². The summed E-state index contributed by atoms with van der Waals surface area (Å²) in [5.41, 5.74) is 3.09. The van der Waals surface area contributed by atoms with Crippen LogP contribution in [0.4, 0.5) is 0 Å². The maximum atomic E-state index is 11.7. The van der Waals surface area contributed by atoms with E-state index in [0.29, 0.717) is 18.6 Å². The van der Waals surface area contributed by atoms with Gasteiger partial charge in [-0.05, 0) is 31.9 Å². The van der Waals surface area contributed by atoms with Crippen LogP contribution >= 0.6 is 0 Å². The Morgan fingerprint density at radius 1 is 1.26 bits per heavy atom. The molecule has 0 bridgehead atoms. The van der Waals surface area contributed by atoms with E-state index in [0.717, 1.165) is 0 Å². The zero-order valence-corrected chi connectivity index (χ0v) is 10.6. The van der Waals surface area contributed by atoms with E-state index in [1.807, 2.05) is 0 Å². The van der Waals surface area contributed by atoms with Crippen LogP contribution < -0.4 is 5.43 Å². The number of carboxylic acid groups (broad SMARTS) is 1. The van der Waals surface area contributed by atoms with Crippen molar-refractivity contribution in [1.82, 2.24) is 5.43 Å². The number of amides is 1. The molecule has 102 valence electrons. The Balaban J connectivity index is 2.49. The minimum absolute atomic E-state index is 0.0697. The number of para-hydroxylation sites is 1. The van der Waals surface area contributed by atoms with Crippen LogP contribution in [-0.4, -0.2) is 27.8 Å². The highest BCUT2D eigenvalue weighted by Crippen LogP contribution is 2.14. The molecule has 0 unspecified atom stereocenters. The molecule has 0 aromatic heterocycles. The fraction of sp³-hybridized carbons (Fsp3) is 0.308. The highest BCUT2D eigenvalue weighted by molar-refractivity contribution is 5.97. The number of phenols is 1. The molecule has 6 heteroatoms. The Bertz CT molecular complexity index is 497. The molecule has 3 N–H and O–H groups in total. The summed E-state index contributed by atoms with van der Waals surface area (Å²) in [6.45, 7) is 1.70. The van der Waals surface area contributed by atoms with E-state index in [-0.39, 0.29) is 17.7 Å².